The molecule has 0 aliphatic heterocycles. The first-order chi connectivity index (χ1) is 4.61. The first-order valence-corrected chi connectivity index (χ1v) is 3.14. The van der Waals surface area contributed by atoms with Gasteiger partial charge in [0.05, 0.1) is 10.7 Å². The second-order valence-corrected chi connectivity index (χ2v) is 2.44. The van der Waals surface area contributed by atoms with Crippen molar-refractivity contribution in [1.29, 1.82) is 0 Å². The summed E-state index contributed by atoms with van der Waals surface area (Å²) < 4.78 is 1.22. The van der Waals surface area contributed by atoms with Gasteiger partial charge in [0.1, 0.15) is 0 Å². The Morgan fingerprint density at radius 1 is 1.90 bits per heavy atom. The van der Waals surface area contributed by atoms with Gasteiger partial charge in [-0.3, -0.25) is 0 Å². The molecule has 0 fully saturated rings. The predicted octanol–water partition coefficient (Wildman–Crippen LogP) is 0.754. The average molecular weight is 206 g/mol. The SMILES string of the molecule is Nc1nn(C(=O)O)cc1Br. The molecule has 0 saturated heterocycles. The molecule has 0 saturated carbocycles. The minimum absolute atomic E-state index is 0.169. The van der Waals surface area contributed by atoms with Gasteiger partial charge in [0.2, 0.25) is 0 Å². The van der Waals surface area contributed by atoms with Gasteiger partial charge in [0, 0.05) is 0 Å². The molecule has 1 aromatic rings. The van der Waals surface area contributed by atoms with E-state index in [1.807, 2.05) is 0 Å². The van der Waals surface area contributed by atoms with Gasteiger partial charge in [-0.15, -0.1) is 5.10 Å². The smallest absolute Gasteiger partial charge is 0.432 e. The molecule has 54 valence electrons. The fourth-order valence-electron chi connectivity index (χ4n) is 0.464. The summed E-state index contributed by atoms with van der Waals surface area (Å²) >= 11 is 3.01. The van der Waals surface area contributed by atoms with Crippen LogP contribution in [0.25, 0.3) is 0 Å². The van der Waals surface area contributed by atoms with Gasteiger partial charge in [-0.25, -0.2) is 4.79 Å². The van der Waals surface area contributed by atoms with Crippen molar-refractivity contribution in [2.45, 2.75) is 0 Å². The Hall–Kier alpha value is -1.04. The highest BCUT2D eigenvalue weighted by Crippen LogP contribution is 2.15. The van der Waals surface area contributed by atoms with E-state index in [9.17, 15) is 4.79 Å². The third-order valence-corrected chi connectivity index (χ3v) is 1.50. The van der Waals surface area contributed by atoms with Crippen LogP contribution in [0.1, 0.15) is 0 Å². The third kappa shape index (κ3) is 1.10. The van der Waals surface area contributed by atoms with Crippen LogP contribution in [0.2, 0.25) is 0 Å². The van der Waals surface area contributed by atoms with Crippen molar-refractivity contribution in [2.75, 3.05) is 5.73 Å². The highest BCUT2D eigenvalue weighted by atomic mass is 79.9. The topological polar surface area (TPSA) is 81.1 Å². The Kier molecular flexibility index (Phi) is 1.62. The summed E-state index contributed by atoms with van der Waals surface area (Å²) in [5, 5.41) is 11.8. The van der Waals surface area contributed by atoms with Crippen LogP contribution in [0.4, 0.5) is 10.6 Å². The molecule has 0 aliphatic rings. The minimum atomic E-state index is -1.16. The number of anilines is 1. The van der Waals surface area contributed by atoms with Crippen molar-refractivity contribution in [1.82, 2.24) is 9.78 Å². The molecule has 0 aliphatic carbocycles. The molecular formula is C4H4BrN3O2. The van der Waals surface area contributed by atoms with E-state index in [1.54, 1.807) is 0 Å². The molecule has 0 spiro atoms. The molecule has 0 unspecified atom stereocenters. The predicted molar refractivity (Wildman–Crippen MR) is 37.8 cm³/mol. The summed E-state index contributed by atoms with van der Waals surface area (Å²) in [7, 11) is 0. The van der Waals surface area contributed by atoms with Crippen LogP contribution in [0.3, 0.4) is 0 Å². The Labute approximate surface area is 64.6 Å². The summed E-state index contributed by atoms with van der Waals surface area (Å²) in [6.45, 7) is 0. The number of halogens is 1. The second kappa shape index (κ2) is 2.30. The quantitative estimate of drug-likeness (QED) is 0.656. The normalized spacial score (nSPS) is 9.70. The lowest BCUT2D eigenvalue weighted by Crippen LogP contribution is -2.08. The lowest BCUT2D eigenvalue weighted by molar-refractivity contribution is 0.192. The van der Waals surface area contributed by atoms with E-state index in [1.165, 1.54) is 6.20 Å². The number of nitrogen functional groups attached to an aromatic ring is 1. The van der Waals surface area contributed by atoms with Crippen molar-refractivity contribution in [3.8, 4) is 0 Å². The zero-order valence-corrected chi connectivity index (χ0v) is 6.37. The number of nitrogens with zero attached hydrogens (tertiary/aromatic N) is 2. The molecule has 10 heavy (non-hydrogen) atoms. The van der Waals surface area contributed by atoms with E-state index in [4.69, 9.17) is 10.8 Å². The molecule has 3 N–H and O–H groups in total. The van der Waals surface area contributed by atoms with E-state index in [0.717, 1.165) is 4.68 Å². The van der Waals surface area contributed by atoms with Gasteiger partial charge in [-0.2, -0.15) is 4.68 Å². The monoisotopic (exact) mass is 205 g/mol. The largest absolute Gasteiger partial charge is 0.463 e. The number of nitrogens with two attached hydrogens (primary N) is 1. The second-order valence-electron chi connectivity index (χ2n) is 1.59. The molecule has 0 amide bonds. The number of carbonyl (C=O) groups is 1. The van der Waals surface area contributed by atoms with Crippen LogP contribution in [0, 0.1) is 0 Å². The molecule has 1 heterocycles. The van der Waals surface area contributed by atoms with Crippen LogP contribution < -0.4 is 5.73 Å². The van der Waals surface area contributed by atoms with E-state index in [-0.39, 0.29) is 5.82 Å². The van der Waals surface area contributed by atoms with Gasteiger partial charge in [-0.05, 0) is 15.9 Å². The van der Waals surface area contributed by atoms with Gasteiger partial charge in [-0.1, -0.05) is 0 Å². The van der Waals surface area contributed by atoms with Crippen molar-refractivity contribution >= 4 is 27.8 Å². The summed E-state index contributed by atoms with van der Waals surface area (Å²) in [6, 6.07) is 0. The minimum Gasteiger partial charge on any atom is -0.463 e. The first kappa shape index (κ1) is 7.07. The van der Waals surface area contributed by atoms with Crippen LogP contribution in [-0.2, 0) is 0 Å². The molecule has 0 atom stereocenters. The maximum absolute atomic E-state index is 10.2. The standard InChI is InChI=1S/C4H4BrN3O2/c5-2-1-8(4(9)10)7-3(2)6/h1H,(H2,6,7)(H,9,10). The number of carboxylic acid groups (broad SMARTS) is 1. The van der Waals surface area contributed by atoms with Crippen LogP contribution in [0.5, 0.6) is 0 Å². The Morgan fingerprint density at radius 2 is 2.50 bits per heavy atom. The van der Waals surface area contributed by atoms with Gasteiger partial charge >= 0.3 is 6.09 Å². The van der Waals surface area contributed by atoms with E-state index >= 15 is 0 Å². The summed E-state index contributed by atoms with van der Waals surface area (Å²) in [6.07, 6.45) is 0.120. The van der Waals surface area contributed by atoms with Crippen molar-refractivity contribution in [3.05, 3.63) is 10.7 Å². The van der Waals surface area contributed by atoms with Gasteiger partial charge < -0.3 is 10.8 Å². The summed E-state index contributed by atoms with van der Waals surface area (Å²) in [5.74, 6) is 0.169. The molecule has 0 aromatic carbocycles. The lowest BCUT2D eigenvalue weighted by atomic mass is 10.7. The molecule has 0 bridgehead atoms. The van der Waals surface area contributed by atoms with Crippen LogP contribution in [-0.4, -0.2) is 21.0 Å². The molecular weight excluding hydrogens is 202 g/mol. The summed E-state index contributed by atoms with van der Waals surface area (Å²) in [5.41, 5.74) is 5.24. The van der Waals surface area contributed by atoms with E-state index in [0.29, 0.717) is 4.47 Å². The number of hydrogen-bond donors (Lipinski definition) is 2. The Bertz CT molecular complexity index is 250. The zero-order chi connectivity index (χ0) is 7.72. The van der Waals surface area contributed by atoms with Crippen LogP contribution >= 0.6 is 15.9 Å². The fraction of sp³-hybridized carbons (Fsp3) is 0. The lowest BCUT2D eigenvalue weighted by Gasteiger charge is -1.86. The van der Waals surface area contributed by atoms with Gasteiger partial charge in [0.25, 0.3) is 0 Å². The van der Waals surface area contributed by atoms with E-state index < -0.39 is 6.09 Å². The van der Waals surface area contributed by atoms with Crippen LogP contribution in [0.15, 0.2) is 10.7 Å². The number of aromatic nitrogens is 2. The average Bonchev–Trinajstić information content (AvgIpc) is 2.13. The number of hydrogen-bond acceptors (Lipinski definition) is 3. The van der Waals surface area contributed by atoms with Crippen molar-refractivity contribution in [3.63, 3.8) is 0 Å². The zero-order valence-electron chi connectivity index (χ0n) is 4.78. The fourth-order valence-corrected chi connectivity index (χ4v) is 0.737. The molecule has 1 rings (SSSR count). The maximum Gasteiger partial charge on any atom is 0.432 e. The number of rotatable bonds is 0. The highest BCUT2D eigenvalue weighted by Gasteiger charge is 2.06. The molecule has 1 aromatic heterocycles. The van der Waals surface area contributed by atoms with Crippen molar-refractivity contribution in [2.24, 2.45) is 0 Å². The van der Waals surface area contributed by atoms with Crippen molar-refractivity contribution < 1.29 is 9.90 Å². The molecule has 5 nitrogen and oxygen atoms in total. The molecule has 6 heteroatoms. The third-order valence-electron chi connectivity index (χ3n) is 0.892. The molecule has 0 radical (unpaired) electrons. The Morgan fingerprint density at radius 3 is 2.70 bits per heavy atom. The van der Waals surface area contributed by atoms with Gasteiger partial charge in [0.15, 0.2) is 5.82 Å². The highest BCUT2D eigenvalue weighted by molar-refractivity contribution is 9.10. The first-order valence-electron chi connectivity index (χ1n) is 2.35. The summed E-state index contributed by atoms with van der Waals surface area (Å²) in [4.78, 5) is 10.2. The maximum atomic E-state index is 10.2. The van der Waals surface area contributed by atoms with E-state index in [2.05, 4.69) is 21.0 Å². The Balaban J connectivity index is 3.10.